The Kier molecular flexibility index (Phi) is 7.87. The lowest BCUT2D eigenvalue weighted by Crippen LogP contribution is -2.28. The van der Waals surface area contributed by atoms with Crippen molar-refractivity contribution in [3.8, 4) is 16.9 Å². The topological polar surface area (TPSA) is 99.5 Å². The van der Waals surface area contributed by atoms with Gasteiger partial charge in [0.2, 0.25) is 0 Å². The van der Waals surface area contributed by atoms with E-state index in [1.54, 1.807) is 19.1 Å². The van der Waals surface area contributed by atoms with E-state index in [0.717, 1.165) is 11.1 Å². The molecule has 0 unspecified atom stereocenters. The van der Waals surface area contributed by atoms with Crippen LogP contribution < -0.4 is 15.6 Å². The lowest BCUT2D eigenvalue weighted by molar-refractivity contribution is 0.0527. The van der Waals surface area contributed by atoms with Crippen LogP contribution in [0.2, 0.25) is 0 Å². The summed E-state index contributed by atoms with van der Waals surface area (Å²) >= 11 is 0. The summed E-state index contributed by atoms with van der Waals surface area (Å²) in [5, 5.41) is 6.90. The summed E-state index contributed by atoms with van der Waals surface area (Å²) < 4.78 is 12.0. The first-order valence-corrected chi connectivity index (χ1v) is 11.5. The Morgan fingerprint density at radius 3 is 2.33 bits per heavy atom. The van der Waals surface area contributed by atoms with Crippen molar-refractivity contribution < 1.29 is 19.1 Å². The number of nitrogens with zero attached hydrogens (tertiary/aromatic N) is 2. The van der Waals surface area contributed by atoms with E-state index in [1.807, 2.05) is 66.7 Å². The average Bonchev–Trinajstić information content (AvgIpc) is 2.91. The van der Waals surface area contributed by atoms with Gasteiger partial charge in [0.05, 0.1) is 24.4 Å². The van der Waals surface area contributed by atoms with Crippen LogP contribution in [-0.4, -0.2) is 34.9 Å². The number of carbonyl (C=O) groups excluding carboxylic acids is 2. The quantitative estimate of drug-likeness (QED) is 0.354. The van der Waals surface area contributed by atoms with Crippen LogP contribution in [-0.2, 0) is 11.3 Å². The fraction of sp³-hybridized carbons (Fsp3) is 0.143. The van der Waals surface area contributed by atoms with E-state index in [0.29, 0.717) is 5.75 Å². The first kappa shape index (κ1) is 24.4. The van der Waals surface area contributed by atoms with Gasteiger partial charge in [-0.05, 0) is 48.4 Å². The van der Waals surface area contributed by atoms with Crippen LogP contribution in [0.15, 0.2) is 95.8 Å². The Hall–Kier alpha value is -4.72. The molecule has 0 saturated heterocycles. The van der Waals surface area contributed by atoms with Crippen molar-refractivity contribution in [2.24, 2.45) is 0 Å². The van der Waals surface area contributed by atoms with E-state index in [2.05, 4.69) is 10.4 Å². The van der Waals surface area contributed by atoms with Crippen molar-refractivity contribution in [2.75, 3.05) is 18.5 Å². The summed E-state index contributed by atoms with van der Waals surface area (Å²) in [6, 6.07) is 26.5. The number of anilines is 1. The first-order valence-electron chi connectivity index (χ1n) is 11.5. The van der Waals surface area contributed by atoms with Crippen molar-refractivity contribution in [2.45, 2.75) is 13.5 Å². The molecule has 36 heavy (non-hydrogen) atoms. The summed E-state index contributed by atoms with van der Waals surface area (Å²) in [4.78, 5) is 37.9. The molecule has 4 rings (SSSR count). The van der Waals surface area contributed by atoms with E-state index in [1.165, 1.54) is 16.8 Å². The molecule has 0 bridgehead atoms. The van der Waals surface area contributed by atoms with Gasteiger partial charge in [-0.3, -0.25) is 9.59 Å². The van der Waals surface area contributed by atoms with Crippen molar-refractivity contribution in [3.05, 3.63) is 113 Å². The highest BCUT2D eigenvalue weighted by atomic mass is 16.5. The van der Waals surface area contributed by atoms with Gasteiger partial charge in [-0.1, -0.05) is 54.6 Å². The van der Waals surface area contributed by atoms with E-state index in [-0.39, 0.29) is 42.3 Å². The number of benzene rings is 3. The molecule has 8 nitrogen and oxygen atoms in total. The minimum Gasteiger partial charge on any atom is -0.492 e. The van der Waals surface area contributed by atoms with Crippen molar-refractivity contribution >= 4 is 17.6 Å². The molecule has 3 aromatic carbocycles. The molecule has 0 spiro atoms. The van der Waals surface area contributed by atoms with Crippen LogP contribution in [0.3, 0.4) is 0 Å². The molecule has 0 fully saturated rings. The third-order valence-electron chi connectivity index (χ3n) is 5.28. The van der Waals surface area contributed by atoms with E-state index in [9.17, 15) is 14.4 Å². The van der Waals surface area contributed by atoms with E-state index in [4.69, 9.17) is 9.47 Å². The number of carbonyl (C=O) groups is 2. The van der Waals surface area contributed by atoms with Gasteiger partial charge in [-0.25, -0.2) is 9.48 Å². The Balaban J connectivity index is 1.53. The van der Waals surface area contributed by atoms with Crippen LogP contribution in [0, 0.1) is 0 Å². The monoisotopic (exact) mass is 483 g/mol. The second-order valence-corrected chi connectivity index (χ2v) is 7.74. The molecule has 0 atom stereocenters. The van der Waals surface area contributed by atoms with Gasteiger partial charge in [0, 0.05) is 6.07 Å². The molecule has 0 aliphatic rings. The third kappa shape index (κ3) is 6.04. The maximum absolute atomic E-state index is 13.0. The molecule has 0 aliphatic carbocycles. The van der Waals surface area contributed by atoms with Crippen LogP contribution >= 0.6 is 0 Å². The summed E-state index contributed by atoms with van der Waals surface area (Å²) in [5.74, 6) is -0.447. The number of rotatable bonds is 9. The van der Waals surface area contributed by atoms with Crippen LogP contribution in [0.4, 0.5) is 5.69 Å². The predicted octanol–water partition coefficient (Wildman–Crippen LogP) is 4.42. The number of nitrogens with one attached hydrogen (secondary N) is 1. The number of esters is 1. The van der Waals surface area contributed by atoms with Gasteiger partial charge in [0.15, 0.2) is 0 Å². The Morgan fingerprint density at radius 1 is 0.889 bits per heavy atom. The van der Waals surface area contributed by atoms with Gasteiger partial charge >= 0.3 is 5.97 Å². The molecule has 1 amide bonds. The third-order valence-corrected chi connectivity index (χ3v) is 5.28. The van der Waals surface area contributed by atoms with Crippen molar-refractivity contribution in [3.63, 3.8) is 0 Å². The second-order valence-electron chi connectivity index (χ2n) is 7.74. The zero-order valence-corrected chi connectivity index (χ0v) is 19.7. The van der Waals surface area contributed by atoms with Crippen molar-refractivity contribution in [1.29, 1.82) is 0 Å². The molecule has 1 N–H and O–H groups in total. The standard InChI is InChI=1S/C28H25N3O5/c1-2-35-28(34)23-19-21(20-9-5-3-6-10-20)13-14-24(23)29-27(33)25-15-16-26(32)31(30-25)17-18-36-22-11-7-4-8-12-22/h3-16,19H,2,17-18H2,1H3,(H,29,33). The molecule has 4 aromatic rings. The molecule has 1 heterocycles. The minimum atomic E-state index is -0.564. The lowest BCUT2D eigenvalue weighted by atomic mass is 10.0. The summed E-state index contributed by atoms with van der Waals surface area (Å²) in [5.41, 5.74) is 1.90. The number of para-hydroxylation sites is 1. The highest BCUT2D eigenvalue weighted by Crippen LogP contribution is 2.26. The number of hydrogen-bond acceptors (Lipinski definition) is 6. The SMILES string of the molecule is CCOC(=O)c1cc(-c2ccccc2)ccc1NC(=O)c1ccc(=O)n(CCOc2ccccc2)n1. The van der Waals surface area contributed by atoms with Crippen LogP contribution in [0.5, 0.6) is 5.75 Å². The largest absolute Gasteiger partial charge is 0.492 e. The summed E-state index contributed by atoms with van der Waals surface area (Å²) in [7, 11) is 0. The van der Waals surface area contributed by atoms with Gasteiger partial charge in [0.25, 0.3) is 11.5 Å². The smallest absolute Gasteiger partial charge is 0.340 e. The van der Waals surface area contributed by atoms with E-state index >= 15 is 0 Å². The minimum absolute atomic E-state index is 0.0243. The van der Waals surface area contributed by atoms with Gasteiger partial charge in [-0.15, -0.1) is 0 Å². The molecular weight excluding hydrogens is 458 g/mol. The van der Waals surface area contributed by atoms with Crippen LogP contribution in [0.1, 0.15) is 27.8 Å². The molecular formula is C28H25N3O5. The fourth-order valence-corrected chi connectivity index (χ4v) is 3.52. The molecule has 0 saturated carbocycles. The second kappa shape index (κ2) is 11.6. The van der Waals surface area contributed by atoms with Crippen LogP contribution in [0.25, 0.3) is 11.1 Å². The highest BCUT2D eigenvalue weighted by Gasteiger charge is 2.18. The van der Waals surface area contributed by atoms with E-state index < -0.39 is 11.9 Å². The van der Waals surface area contributed by atoms with Crippen molar-refractivity contribution in [1.82, 2.24) is 9.78 Å². The number of hydrogen-bond donors (Lipinski definition) is 1. The average molecular weight is 484 g/mol. The van der Waals surface area contributed by atoms with Gasteiger partial charge in [0.1, 0.15) is 18.1 Å². The predicted molar refractivity (Wildman–Crippen MR) is 136 cm³/mol. The summed E-state index contributed by atoms with van der Waals surface area (Å²) in [6.45, 7) is 2.27. The molecule has 0 aliphatic heterocycles. The molecule has 1 aromatic heterocycles. The first-order chi connectivity index (χ1) is 17.5. The molecule has 8 heteroatoms. The number of amides is 1. The Bertz CT molecular complexity index is 1400. The molecule has 0 radical (unpaired) electrons. The normalized spacial score (nSPS) is 10.5. The summed E-state index contributed by atoms with van der Waals surface area (Å²) in [6.07, 6.45) is 0. The highest BCUT2D eigenvalue weighted by molar-refractivity contribution is 6.07. The maximum Gasteiger partial charge on any atom is 0.340 e. The number of aromatic nitrogens is 2. The molecule has 182 valence electrons. The Morgan fingerprint density at radius 2 is 1.61 bits per heavy atom. The zero-order chi connectivity index (χ0) is 25.3. The van der Waals surface area contributed by atoms with Gasteiger partial charge < -0.3 is 14.8 Å². The zero-order valence-electron chi connectivity index (χ0n) is 19.7. The van der Waals surface area contributed by atoms with Gasteiger partial charge in [-0.2, -0.15) is 5.10 Å². The number of ether oxygens (including phenoxy) is 2. The maximum atomic E-state index is 13.0. The fourth-order valence-electron chi connectivity index (χ4n) is 3.52. The Labute approximate surface area is 208 Å². The lowest BCUT2D eigenvalue weighted by Gasteiger charge is -2.13.